The van der Waals surface area contributed by atoms with Crippen LogP contribution in [-0.4, -0.2) is 15.6 Å². The van der Waals surface area contributed by atoms with E-state index in [1.54, 1.807) is 6.07 Å². The number of carboxylic acids is 1. The Labute approximate surface area is 126 Å². The number of aromatic carboxylic acids is 1. The van der Waals surface area contributed by atoms with Crippen LogP contribution in [0.4, 0.5) is 0 Å². The first-order valence-corrected chi connectivity index (χ1v) is 7.95. The summed E-state index contributed by atoms with van der Waals surface area (Å²) in [6, 6.07) is 5.66. The summed E-state index contributed by atoms with van der Waals surface area (Å²) in [5.74, 6) is -0.835. The van der Waals surface area contributed by atoms with Crippen molar-refractivity contribution in [2.75, 3.05) is 0 Å². The Morgan fingerprint density at radius 3 is 2.52 bits per heavy atom. The molecule has 0 aliphatic rings. The van der Waals surface area contributed by atoms with E-state index in [1.165, 1.54) is 11.3 Å². The predicted octanol–water partition coefficient (Wildman–Crippen LogP) is 4.79. The van der Waals surface area contributed by atoms with Gasteiger partial charge in [0.2, 0.25) is 0 Å². The highest BCUT2D eigenvalue weighted by molar-refractivity contribution is 6.03. The molecule has 3 heteroatoms. The SMILES string of the molecule is CCCCc1c(C)n(CCCC)c2c(C(=O)O)cccc12. The highest BCUT2D eigenvalue weighted by Crippen LogP contribution is 2.30. The fourth-order valence-electron chi connectivity index (χ4n) is 3.04. The minimum absolute atomic E-state index is 0.425. The minimum atomic E-state index is -0.835. The molecule has 114 valence electrons. The summed E-state index contributed by atoms with van der Waals surface area (Å²) in [6.45, 7) is 7.38. The fraction of sp³-hybridized carbons (Fsp3) is 0.500. The quantitative estimate of drug-likeness (QED) is 0.795. The number of carbonyl (C=O) groups is 1. The summed E-state index contributed by atoms with van der Waals surface area (Å²) in [7, 11) is 0. The topological polar surface area (TPSA) is 42.2 Å². The van der Waals surface area contributed by atoms with Crippen LogP contribution in [0.5, 0.6) is 0 Å². The van der Waals surface area contributed by atoms with E-state index in [2.05, 4.69) is 31.4 Å². The molecular weight excluding hydrogens is 262 g/mol. The zero-order valence-corrected chi connectivity index (χ0v) is 13.3. The summed E-state index contributed by atoms with van der Waals surface area (Å²) in [6.07, 6.45) is 5.51. The van der Waals surface area contributed by atoms with Gasteiger partial charge in [0.15, 0.2) is 0 Å². The lowest BCUT2D eigenvalue weighted by molar-refractivity contribution is 0.0698. The lowest BCUT2D eigenvalue weighted by Crippen LogP contribution is -2.05. The summed E-state index contributed by atoms with van der Waals surface area (Å²) in [5.41, 5.74) is 3.89. The molecule has 1 aromatic heterocycles. The summed E-state index contributed by atoms with van der Waals surface area (Å²) in [4.78, 5) is 11.6. The monoisotopic (exact) mass is 287 g/mol. The number of rotatable bonds is 7. The first-order chi connectivity index (χ1) is 10.1. The van der Waals surface area contributed by atoms with Crippen LogP contribution < -0.4 is 0 Å². The molecule has 0 aliphatic carbocycles. The van der Waals surface area contributed by atoms with Crippen LogP contribution in [-0.2, 0) is 13.0 Å². The van der Waals surface area contributed by atoms with Crippen molar-refractivity contribution >= 4 is 16.9 Å². The number of nitrogens with zero attached hydrogens (tertiary/aromatic N) is 1. The van der Waals surface area contributed by atoms with Crippen molar-refractivity contribution in [3.05, 3.63) is 35.0 Å². The van der Waals surface area contributed by atoms with Crippen molar-refractivity contribution in [1.82, 2.24) is 4.57 Å². The molecule has 0 fully saturated rings. The number of carboxylic acid groups (broad SMARTS) is 1. The lowest BCUT2D eigenvalue weighted by Gasteiger charge is -2.09. The molecule has 2 aromatic rings. The Hall–Kier alpha value is -1.77. The van der Waals surface area contributed by atoms with Gasteiger partial charge in [0, 0.05) is 17.6 Å². The van der Waals surface area contributed by atoms with Gasteiger partial charge in [-0.3, -0.25) is 0 Å². The molecule has 0 radical (unpaired) electrons. The van der Waals surface area contributed by atoms with Crippen LogP contribution in [0.2, 0.25) is 0 Å². The molecule has 1 aromatic carbocycles. The molecule has 2 rings (SSSR count). The second-order valence-corrected chi connectivity index (χ2v) is 5.68. The molecule has 0 saturated heterocycles. The maximum Gasteiger partial charge on any atom is 0.337 e. The minimum Gasteiger partial charge on any atom is -0.478 e. The molecule has 1 heterocycles. The highest BCUT2D eigenvalue weighted by atomic mass is 16.4. The fourth-order valence-corrected chi connectivity index (χ4v) is 3.04. The maximum absolute atomic E-state index is 11.6. The second-order valence-electron chi connectivity index (χ2n) is 5.68. The molecule has 0 saturated carbocycles. The molecule has 0 amide bonds. The van der Waals surface area contributed by atoms with E-state index < -0.39 is 5.97 Å². The van der Waals surface area contributed by atoms with E-state index in [0.717, 1.165) is 49.6 Å². The van der Waals surface area contributed by atoms with Gasteiger partial charge >= 0.3 is 5.97 Å². The van der Waals surface area contributed by atoms with Crippen LogP contribution >= 0.6 is 0 Å². The number of fused-ring (bicyclic) bond motifs is 1. The Morgan fingerprint density at radius 1 is 1.19 bits per heavy atom. The average molecular weight is 287 g/mol. The van der Waals surface area contributed by atoms with E-state index in [0.29, 0.717) is 5.56 Å². The Bertz CT molecular complexity index is 640. The van der Waals surface area contributed by atoms with Crippen LogP contribution in [0.15, 0.2) is 18.2 Å². The predicted molar refractivity (Wildman–Crippen MR) is 87.2 cm³/mol. The molecular formula is C18H25NO2. The van der Waals surface area contributed by atoms with E-state index in [1.807, 2.05) is 6.07 Å². The number of aromatic nitrogens is 1. The van der Waals surface area contributed by atoms with Crippen LogP contribution in [0.1, 0.15) is 61.1 Å². The van der Waals surface area contributed by atoms with Crippen molar-refractivity contribution in [3.8, 4) is 0 Å². The molecule has 0 aliphatic heterocycles. The molecule has 3 nitrogen and oxygen atoms in total. The Kier molecular flexibility index (Phi) is 5.05. The van der Waals surface area contributed by atoms with Gasteiger partial charge in [-0.1, -0.05) is 38.8 Å². The lowest BCUT2D eigenvalue weighted by atomic mass is 10.0. The van der Waals surface area contributed by atoms with Gasteiger partial charge in [-0.25, -0.2) is 4.79 Å². The third-order valence-corrected chi connectivity index (χ3v) is 4.22. The third kappa shape index (κ3) is 2.97. The van der Waals surface area contributed by atoms with E-state index in [-0.39, 0.29) is 0 Å². The normalized spacial score (nSPS) is 11.2. The number of para-hydroxylation sites is 1. The van der Waals surface area contributed by atoms with Crippen molar-refractivity contribution in [2.24, 2.45) is 0 Å². The third-order valence-electron chi connectivity index (χ3n) is 4.22. The first-order valence-electron chi connectivity index (χ1n) is 7.95. The van der Waals surface area contributed by atoms with E-state index >= 15 is 0 Å². The molecule has 0 unspecified atom stereocenters. The van der Waals surface area contributed by atoms with Gasteiger partial charge in [-0.05, 0) is 37.8 Å². The zero-order chi connectivity index (χ0) is 15.4. The van der Waals surface area contributed by atoms with Crippen LogP contribution in [0, 0.1) is 6.92 Å². The van der Waals surface area contributed by atoms with Gasteiger partial charge in [0.25, 0.3) is 0 Å². The number of hydrogen-bond acceptors (Lipinski definition) is 1. The number of hydrogen-bond donors (Lipinski definition) is 1. The number of unbranched alkanes of at least 4 members (excludes halogenated alkanes) is 2. The molecule has 1 N–H and O–H groups in total. The van der Waals surface area contributed by atoms with E-state index in [9.17, 15) is 9.90 Å². The van der Waals surface area contributed by atoms with Crippen molar-refractivity contribution < 1.29 is 9.90 Å². The van der Waals surface area contributed by atoms with Gasteiger partial charge < -0.3 is 9.67 Å². The highest BCUT2D eigenvalue weighted by Gasteiger charge is 2.18. The molecule has 0 bridgehead atoms. The van der Waals surface area contributed by atoms with Gasteiger partial charge in [0.1, 0.15) is 0 Å². The zero-order valence-electron chi connectivity index (χ0n) is 13.3. The number of aryl methyl sites for hydroxylation is 2. The van der Waals surface area contributed by atoms with Gasteiger partial charge in [0.05, 0.1) is 11.1 Å². The smallest absolute Gasteiger partial charge is 0.337 e. The van der Waals surface area contributed by atoms with Crippen LogP contribution in [0.25, 0.3) is 10.9 Å². The van der Waals surface area contributed by atoms with Crippen molar-refractivity contribution in [3.63, 3.8) is 0 Å². The summed E-state index contributed by atoms with van der Waals surface area (Å²) >= 11 is 0. The first kappa shape index (κ1) is 15.6. The molecule has 21 heavy (non-hydrogen) atoms. The number of benzene rings is 1. The largest absolute Gasteiger partial charge is 0.478 e. The Morgan fingerprint density at radius 2 is 1.90 bits per heavy atom. The Balaban J connectivity index is 2.66. The summed E-state index contributed by atoms with van der Waals surface area (Å²) < 4.78 is 2.22. The summed E-state index contributed by atoms with van der Waals surface area (Å²) in [5, 5.41) is 10.6. The van der Waals surface area contributed by atoms with Crippen molar-refractivity contribution in [2.45, 2.75) is 59.4 Å². The van der Waals surface area contributed by atoms with Crippen molar-refractivity contribution in [1.29, 1.82) is 0 Å². The average Bonchev–Trinajstić information content (AvgIpc) is 2.74. The van der Waals surface area contributed by atoms with Crippen LogP contribution in [0.3, 0.4) is 0 Å². The van der Waals surface area contributed by atoms with Gasteiger partial charge in [-0.15, -0.1) is 0 Å². The second kappa shape index (κ2) is 6.79. The van der Waals surface area contributed by atoms with E-state index in [4.69, 9.17) is 0 Å². The maximum atomic E-state index is 11.6. The standard InChI is InChI=1S/C18H25NO2/c1-4-6-9-14-13(3)19(12-7-5-2)17-15(14)10-8-11-16(17)18(20)21/h8,10-11H,4-7,9,12H2,1-3H3,(H,20,21). The van der Waals surface area contributed by atoms with Gasteiger partial charge in [-0.2, -0.15) is 0 Å². The molecule has 0 atom stereocenters. The molecule has 0 spiro atoms.